The van der Waals surface area contributed by atoms with Gasteiger partial charge in [-0.3, -0.25) is 4.79 Å². The quantitative estimate of drug-likeness (QED) is 0.132. The van der Waals surface area contributed by atoms with Crippen molar-refractivity contribution < 1.29 is 9.47 Å². The molecule has 0 aliphatic carbocycles. The first-order valence-electron chi connectivity index (χ1n) is 12.4. The van der Waals surface area contributed by atoms with Gasteiger partial charge in [-0.25, -0.2) is 9.83 Å². The fourth-order valence-corrected chi connectivity index (χ4v) is 4.61. The van der Waals surface area contributed by atoms with Crippen molar-refractivity contribution in [1.29, 1.82) is 0 Å². The number of likely N-dealkylation sites (N-methyl/N-ethyl adjacent to an activating group) is 1. The molecule has 0 unspecified atom stereocenters. The summed E-state index contributed by atoms with van der Waals surface area (Å²) in [4.78, 5) is 25.5. The van der Waals surface area contributed by atoms with Crippen molar-refractivity contribution in [1.82, 2.24) is 14.9 Å². The van der Waals surface area contributed by atoms with Crippen molar-refractivity contribution in [3.05, 3.63) is 106 Å². The highest BCUT2D eigenvalue weighted by atomic mass is 32.2. The van der Waals surface area contributed by atoms with E-state index in [1.807, 2.05) is 62.6 Å². The summed E-state index contributed by atoms with van der Waals surface area (Å²) in [7, 11) is 5.62. The third kappa shape index (κ3) is 7.87. The molecule has 0 atom stereocenters. The van der Waals surface area contributed by atoms with E-state index in [-0.39, 0.29) is 5.69 Å². The maximum Gasteiger partial charge on any atom is 0.276 e. The van der Waals surface area contributed by atoms with Gasteiger partial charge in [0.25, 0.3) is 11.2 Å². The SMILES string of the molecule is [C-]#[N+]c1c(-c2cccc(OC)c2)nc(SCc2cccc(NCc3cccc(OCCN(C)C)c3)c2)[nH]c1=O. The molecule has 4 aromatic rings. The van der Waals surface area contributed by atoms with Gasteiger partial charge in [-0.1, -0.05) is 48.2 Å². The summed E-state index contributed by atoms with van der Waals surface area (Å²) in [6.45, 7) is 9.65. The fourth-order valence-electron chi connectivity index (χ4n) is 3.81. The zero-order valence-corrected chi connectivity index (χ0v) is 23.0. The molecule has 200 valence electrons. The summed E-state index contributed by atoms with van der Waals surface area (Å²) in [5.41, 5.74) is 3.71. The smallest absolute Gasteiger partial charge is 0.276 e. The zero-order valence-electron chi connectivity index (χ0n) is 22.2. The molecular weight excluding hydrogens is 510 g/mol. The molecule has 39 heavy (non-hydrogen) atoms. The van der Waals surface area contributed by atoms with Gasteiger partial charge < -0.3 is 24.7 Å². The second-order valence-electron chi connectivity index (χ2n) is 9.05. The van der Waals surface area contributed by atoms with Crippen LogP contribution in [-0.2, 0) is 12.3 Å². The average Bonchev–Trinajstić information content (AvgIpc) is 2.95. The van der Waals surface area contributed by atoms with Crippen LogP contribution in [0.3, 0.4) is 0 Å². The Labute approximate surface area is 232 Å². The van der Waals surface area contributed by atoms with E-state index < -0.39 is 5.56 Å². The molecule has 0 spiro atoms. The van der Waals surface area contributed by atoms with E-state index in [9.17, 15) is 4.79 Å². The Morgan fingerprint density at radius 1 is 1.03 bits per heavy atom. The number of aromatic amines is 1. The lowest BCUT2D eigenvalue weighted by molar-refractivity contribution is 0.261. The van der Waals surface area contributed by atoms with Crippen LogP contribution >= 0.6 is 11.8 Å². The van der Waals surface area contributed by atoms with Crippen molar-refractivity contribution in [2.75, 3.05) is 39.7 Å². The van der Waals surface area contributed by atoms with Crippen LogP contribution in [0.5, 0.6) is 11.5 Å². The van der Waals surface area contributed by atoms with Crippen LogP contribution in [0.25, 0.3) is 16.1 Å². The lowest BCUT2D eigenvalue weighted by atomic mass is 10.1. The first kappa shape index (κ1) is 27.8. The molecule has 4 rings (SSSR count). The summed E-state index contributed by atoms with van der Waals surface area (Å²) in [5.74, 6) is 2.09. The lowest BCUT2D eigenvalue weighted by Gasteiger charge is -2.12. The molecule has 3 aromatic carbocycles. The summed E-state index contributed by atoms with van der Waals surface area (Å²) in [6.07, 6.45) is 0. The Hall–Kier alpha value is -4.26. The Morgan fingerprint density at radius 3 is 2.59 bits per heavy atom. The third-order valence-electron chi connectivity index (χ3n) is 5.83. The number of methoxy groups -OCH3 is 1. The minimum atomic E-state index is -0.455. The predicted molar refractivity (Wildman–Crippen MR) is 157 cm³/mol. The van der Waals surface area contributed by atoms with E-state index in [1.54, 1.807) is 13.2 Å². The van der Waals surface area contributed by atoms with Crippen LogP contribution in [0.1, 0.15) is 11.1 Å². The van der Waals surface area contributed by atoms with Gasteiger partial charge in [0.15, 0.2) is 5.16 Å². The number of benzene rings is 3. The van der Waals surface area contributed by atoms with Gasteiger partial charge in [0.1, 0.15) is 18.1 Å². The Kier molecular flexibility index (Phi) is 9.62. The second kappa shape index (κ2) is 13.5. The summed E-state index contributed by atoms with van der Waals surface area (Å²) in [5, 5.41) is 3.93. The number of thioether (sulfide) groups is 1. The lowest BCUT2D eigenvalue weighted by Crippen LogP contribution is -2.19. The molecule has 2 N–H and O–H groups in total. The van der Waals surface area contributed by atoms with Crippen LogP contribution in [0.4, 0.5) is 11.4 Å². The van der Waals surface area contributed by atoms with E-state index in [4.69, 9.17) is 16.0 Å². The Balaban J connectivity index is 1.41. The minimum Gasteiger partial charge on any atom is -0.497 e. The molecule has 8 nitrogen and oxygen atoms in total. The number of H-pyrrole nitrogens is 1. The average molecular weight is 542 g/mol. The summed E-state index contributed by atoms with van der Waals surface area (Å²) < 4.78 is 11.1. The van der Waals surface area contributed by atoms with E-state index >= 15 is 0 Å². The highest BCUT2D eigenvalue weighted by molar-refractivity contribution is 7.98. The number of ether oxygens (including phenoxy) is 2. The van der Waals surface area contributed by atoms with E-state index in [2.05, 4.69) is 43.2 Å². The monoisotopic (exact) mass is 541 g/mol. The van der Waals surface area contributed by atoms with Crippen molar-refractivity contribution in [2.24, 2.45) is 0 Å². The van der Waals surface area contributed by atoms with Crippen LogP contribution in [-0.4, -0.2) is 49.2 Å². The molecule has 0 radical (unpaired) electrons. The number of nitrogens with one attached hydrogen (secondary N) is 2. The van der Waals surface area contributed by atoms with Gasteiger partial charge in [0, 0.05) is 24.5 Å². The van der Waals surface area contributed by atoms with Gasteiger partial charge in [0.2, 0.25) is 0 Å². The molecule has 0 aliphatic heterocycles. The first-order chi connectivity index (χ1) is 18.9. The summed E-state index contributed by atoms with van der Waals surface area (Å²) >= 11 is 1.41. The maximum atomic E-state index is 12.6. The van der Waals surface area contributed by atoms with Gasteiger partial charge in [0.05, 0.1) is 19.4 Å². The normalized spacial score (nSPS) is 10.7. The number of hydrogen-bond acceptors (Lipinski definition) is 7. The number of nitrogens with zero attached hydrogens (tertiary/aromatic N) is 3. The molecule has 0 bridgehead atoms. The van der Waals surface area contributed by atoms with E-state index in [1.165, 1.54) is 11.8 Å². The van der Waals surface area contributed by atoms with Crippen molar-refractivity contribution in [3.63, 3.8) is 0 Å². The molecule has 0 fully saturated rings. The van der Waals surface area contributed by atoms with E-state index in [0.29, 0.717) is 41.1 Å². The molecular formula is C30H31N5O3S. The molecule has 1 heterocycles. The highest BCUT2D eigenvalue weighted by Crippen LogP contribution is 2.30. The van der Waals surface area contributed by atoms with Crippen LogP contribution < -0.4 is 20.3 Å². The molecule has 0 saturated carbocycles. The van der Waals surface area contributed by atoms with Gasteiger partial charge in [-0.2, -0.15) is 0 Å². The van der Waals surface area contributed by atoms with Gasteiger partial charge >= 0.3 is 0 Å². The Bertz CT molecular complexity index is 1510. The number of hydrogen-bond donors (Lipinski definition) is 2. The maximum absolute atomic E-state index is 12.6. The van der Waals surface area contributed by atoms with Crippen molar-refractivity contribution >= 4 is 23.1 Å². The molecule has 0 saturated heterocycles. The molecule has 0 amide bonds. The zero-order chi connectivity index (χ0) is 27.6. The van der Waals surface area contributed by atoms with Crippen LogP contribution in [0.2, 0.25) is 0 Å². The van der Waals surface area contributed by atoms with Gasteiger partial charge in [-0.15, -0.1) is 0 Å². The number of aromatic nitrogens is 2. The molecule has 1 aromatic heterocycles. The van der Waals surface area contributed by atoms with Crippen LogP contribution in [0, 0.1) is 6.57 Å². The van der Waals surface area contributed by atoms with E-state index in [0.717, 1.165) is 29.1 Å². The first-order valence-corrected chi connectivity index (χ1v) is 13.4. The largest absolute Gasteiger partial charge is 0.497 e. The number of rotatable bonds is 12. The topological polar surface area (TPSA) is 83.8 Å². The molecule has 0 aliphatic rings. The molecule has 9 heteroatoms. The van der Waals surface area contributed by atoms with Crippen molar-refractivity contribution in [3.8, 4) is 22.8 Å². The van der Waals surface area contributed by atoms with Crippen LogP contribution in [0.15, 0.2) is 82.7 Å². The number of anilines is 1. The predicted octanol–water partition coefficient (Wildman–Crippen LogP) is 5.84. The van der Waals surface area contributed by atoms with Crippen molar-refractivity contribution in [2.45, 2.75) is 17.5 Å². The highest BCUT2D eigenvalue weighted by Gasteiger charge is 2.15. The third-order valence-corrected chi connectivity index (χ3v) is 6.78. The standard InChI is InChI=1S/C30H31N5O3S/c1-31-28-27(23-10-7-12-25(18-23)37-4)33-30(34-29(28)36)39-20-22-9-5-11-24(16-22)32-19-21-8-6-13-26(17-21)38-15-14-35(2)3/h5-13,16-18,32H,14-15,19-20H2,2-4H3,(H,33,34,36). The fraction of sp³-hybridized carbons (Fsp3) is 0.233. The minimum absolute atomic E-state index is 0.0361. The second-order valence-corrected chi connectivity index (χ2v) is 10.0. The summed E-state index contributed by atoms with van der Waals surface area (Å²) in [6, 6.07) is 23.4. The Morgan fingerprint density at radius 2 is 1.79 bits per heavy atom. The van der Waals surface area contributed by atoms with Gasteiger partial charge in [-0.05, 0) is 67.2 Å².